The average Bonchev–Trinajstić information content (AvgIpc) is 3.38. The van der Waals surface area contributed by atoms with Crippen molar-refractivity contribution in [2.45, 2.75) is 38.1 Å². The lowest BCUT2D eigenvalue weighted by Crippen LogP contribution is -2.50. The summed E-state index contributed by atoms with van der Waals surface area (Å²) in [5.41, 5.74) is 8.84. The van der Waals surface area contributed by atoms with E-state index in [1.165, 1.54) is 17.0 Å². The van der Waals surface area contributed by atoms with Crippen LogP contribution in [0.15, 0.2) is 24.4 Å². The summed E-state index contributed by atoms with van der Waals surface area (Å²) < 4.78 is 14.9. The number of fused-ring (bicyclic) bond motifs is 1. The van der Waals surface area contributed by atoms with Crippen LogP contribution in [-0.2, 0) is 29.7 Å². The Morgan fingerprint density at radius 2 is 1.97 bits per heavy atom. The van der Waals surface area contributed by atoms with E-state index in [1.54, 1.807) is 24.0 Å². The number of halogens is 1. The van der Waals surface area contributed by atoms with Gasteiger partial charge in [0.15, 0.2) is 12.2 Å². The molecular weight excluding hydrogens is 431 g/mol. The smallest absolute Gasteiger partial charge is 0.255 e. The van der Waals surface area contributed by atoms with Gasteiger partial charge in [0.25, 0.3) is 11.8 Å². The molecule has 1 aromatic heterocycles. The zero-order chi connectivity index (χ0) is 23.7. The number of nitrogen functional groups attached to an aromatic ring is 1. The van der Waals surface area contributed by atoms with Crippen LogP contribution in [0.4, 0.5) is 15.8 Å². The minimum Gasteiger partial charge on any atom is -0.397 e. The molecule has 178 valence electrons. The molecule has 2 atom stereocenters. The Hall–Kier alpha value is -3.18. The molecule has 1 saturated heterocycles. The summed E-state index contributed by atoms with van der Waals surface area (Å²) in [6, 6.07) is 4.34. The number of nitrogens with one attached hydrogen (secondary N) is 1. The van der Waals surface area contributed by atoms with Crippen molar-refractivity contribution in [3.63, 3.8) is 0 Å². The molecule has 10 nitrogen and oxygen atoms in total. The number of aromatic nitrogens is 2. The summed E-state index contributed by atoms with van der Waals surface area (Å²) in [6.45, 7) is 2.27. The number of nitrogens with zero attached hydrogens (tertiary/aromatic N) is 4. The van der Waals surface area contributed by atoms with Gasteiger partial charge in [0.1, 0.15) is 5.82 Å². The Balaban J connectivity index is 1.23. The molecule has 4 rings (SSSR count). The van der Waals surface area contributed by atoms with Gasteiger partial charge in [-0.15, -0.1) is 0 Å². The van der Waals surface area contributed by atoms with Crippen molar-refractivity contribution in [1.29, 1.82) is 0 Å². The first-order chi connectivity index (χ1) is 15.7. The number of hydrogen-bond donors (Lipinski definition) is 4. The number of aliphatic hydroxyl groups excluding tert-OH is 2. The average molecular weight is 461 g/mol. The number of benzene rings is 1. The third kappa shape index (κ3) is 4.79. The van der Waals surface area contributed by atoms with E-state index in [0.717, 1.165) is 29.8 Å². The molecule has 2 aliphatic heterocycles. The second kappa shape index (κ2) is 9.36. The SMILES string of the molecule is Cn1ncc2c1CN(C(=O)[C@H](O)[C@@H](O)C(=O)NCC1CCN(c3ccc(F)cc3N)CC1)C2. The van der Waals surface area contributed by atoms with E-state index < -0.39 is 24.0 Å². The number of rotatable bonds is 6. The molecule has 33 heavy (non-hydrogen) atoms. The molecule has 1 fully saturated rings. The molecule has 2 amide bonds. The van der Waals surface area contributed by atoms with Gasteiger partial charge >= 0.3 is 0 Å². The van der Waals surface area contributed by atoms with Crippen LogP contribution < -0.4 is 16.0 Å². The molecular formula is C22H29FN6O4. The maximum Gasteiger partial charge on any atom is 0.255 e. The molecule has 0 saturated carbocycles. The molecule has 11 heteroatoms. The summed E-state index contributed by atoms with van der Waals surface area (Å²) in [6.07, 6.45) is -0.480. The van der Waals surface area contributed by atoms with Gasteiger partial charge in [-0.3, -0.25) is 14.3 Å². The maximum atomic E-state index is 13.3. The molecule has 2 aliphatic rings. The predicted molar refractivity (Wildman–Crippen MR) is 118 cm³/mol. The highest BCUT2D eigenvalue weighted by atomic mass is 19.1. The van der Waals surface area contributed by atoms with Gasteiger partial charge in [-0.2, -0.15) is 5.10 Å². The van der Waals surface area contributed by atoms with E-state index in [4.69, 9.17) is 5.73 Å². The fourth-order valence-electron chi connectivity index (χ4n) is 4.45. The fourth-order valence-corrected chi connectivity index (χ4v) is 4.45. The molecule has 0 bridgehead atoms. The number of carbonyl (C=O) groups is 2. The standard InChI is InChI=1S/C22H29FN6O4/c1-27-18-12-29(11-14(18)10-26-27)22(33)20(31)19(30)21(32)25-9-13-4-6-28(7-5-13)17-3-2-15(23)8-16(17)24/h2-3,8,10,13,19-20,30-31H,4-7,9,11-12,24H2,1H3,(H,25,32)/t19-,20-/m1/s1. The highest BCUT2D eigenvalue weighted by Gasteiger charge is 2.36. The maximum absolute atomic E-state index is 13.3. The second-order valence-electron chi connectivity index (χ2n) is 8.70. The van der Waals surface area contributed by atoms with Crippen molar-refractivity contribution in [2.75, 3.05) is 30.3 Å². The Morgan fingerprint density at radius 3 is 2.64 bits per heavy atom. The van der Waals surface area contributed by atoms with Crippen LogP contribution in [-0.4, -0.2) is 68.6 Å². The minimum absolute atomic E-state index is 0.174. The molecule has 1 aromatic carbocycles. The van der Waals surface area contributed by atoms with Crippen LogP contribution in [0.5, 0.6) is 0 Å². The lowest BCUT2D eigenvalue weighted by molar-refractivity contribution is -0.153. The molecule has 0 aliphatic carbocycles. The quantitative estimate of drug-likeness (QED) is 0.436. The normalized spacial score (nSPS) is 18.2. The zero-order valence-electron chi connectivity index (χ0n) is 18.4. The van der Waals surface area contributed by atoms with Crippen LogP contribution in [0.25, 0.3) is 0 Å². The number of anilines is 2. The van der Waals surface area contributed by atoms with Gasteiger partial charge in [-0.1, -0.05) is 0 Å². The van der Waals surface area contributed by atoms with Crippen molar-refractivity contribution < 1.29 is 24.2 Å². The monoisotopic (exact) mass is 460 g/mol. The number of carbonyl (C=O) groups excluding carboxylic acids is 2. The molecule has 0 unspecified atom stereocenters. The number of aryl methyl sites for hydroxylation is 1. The summed E-state index contributed by atoms with van der Waals surface area (Å²) in [5.74, 6) is -1.68. The van der Waals surface area contributed by atoms with Crippen molar-refractivity contribution in [3.8, 4) is 0 Å². The number of aliphatic hydroxyl groups is 2. The Kier molecular flexibility index (Phi) is 6.52. The third-order valence-electron chi connectivity index (χ3n) is 6.49. The summed E-state index contributed by atoms with van der Waals surface area (Å²) in [7, 11) is 1.77. The van der Waals surface area contributed by atoms with Crippen molar-refractivity contribution >= 4 is 23.2 Å². The zero-order valence-corrected chi connectivity index (χ0v) is 18.4. The molecule has 3 heterocycles. The molecule has 5 N–H and O–H groups in total. The number of amides is 2. The van der Waals surface area contributed by atoms with Gasteiger partial charge in [0, 0.05) is 38.8 Å². The van der Waals surface area contributed by atoms with Gasteiger partial charge in [0.05, 0.1) is 29.8 Å². The van der Waals surface area contributed by atoms with Crippen molar-refractivity contribution in [3.05, 3.63) is 41.5 Å². The summed E-state index contributed by atoms with van der Waals surface area (Å²) in [5, 5.41) is 27.3. The number of nitrogens with two attached hydrogens (primary N) is 1. The molecule has 0 spiro atoms. The van der Waals surface area contributed by atoms with Gasteiger partial charge in [-0.05, 0) is 37.0 Å². The van der Waals surface area contributed by atoms with Crippen LogP contribution in [0.3, 0.4) is 0 Å². The van der Waals surface area contributed by atoms with Crippen LogP contribution in [0.2, 0.25) is 0 Å². The van der Waals surface area contributed by atoms with E-state index >= 15 is 0 Å². The number of piperidine rings is 1. The highest BCUT2D eigenvalue weighted by molar-refractivity contribution is 5.90. The van der Waals surface area contributed by atoms with Gasteiger partial charge in [0.2, 0.25) is 0 Å². The van der Waals surface area contributed by atoms with E-state index in [9.17, 15) is 24.2 Å². The first-order valence-corrected chi connectivity index (χ1v) is 11.0. The van der Waals surface area contributed by atoms with Crippen LogP contribution in [0.1, 0.15) is 24.1 Å². The molecule has 0 radical (unpaired) electrons. The van der Waals surface area contributed by atoms with E-state index in [2.05, 4.69) is 15.3 Å². The Bertz CT molecular complexity index is 1040. The first-order valence-electron chi connectivity index (χ1n) is 11.0. The van der Waals surface area contributed by atoms with Gasteiger partial charge in [-0.25, -0.2) is 4.39 Å². The lowest BCUT2D eigenvalue weighted by atomic mass is 9.96. The van der Waals surface area contributed by atoms with E-state index in [-0.39, 0.29) is 24.8 Å². The third-order valence-corrected chi connectivity index (χ3v) is 6.49. The predicted octanol–water partition coefficient (Wildman–Crippen LogP) is -0.262. The minimum atomic E-state index is -1.85. The lowest BCUT2D eigenvalue weighted by Gasteiger charge is -2.34. The fraction of sp³-hybridized carbons (Fsp3) is 0.500. The van der Waals surface area contributed by atoms with E-state index in [0.29, 0.717) is 25.3 Å². The van der Waals surface area contributed by atoms with Crippen molar-refractivity contribution in [1.82, 2.24) is 20.0 Å². The molecule has 2 aromatic rings. The Labute approximate surface area is 190 Å². The largest absolute Gasteiger partial charge is 0.397 e. The van der Waals surface area contributed by atoms with Crippen LogP contribution in [0, 0.1) is 11.7 Å². The van der Waals surface area contributed by atoms with Crippen molar-refractivity contribution in [2.24, 2.45) is 13.0 Å². The second-order valence-corrected chi connectivity index (χ2v) is 8.70. The topological polar surface area (TPSA) is 137 Å². The number of hydrogen-bond acceptors (Lipinski definition) is 7. The van der Waals surface area contributed by atoms with Gasteiger partial charge < -0.3 is 31.1 Å². The highest BCUT2D eigenvalue weighted by Crippen LogP contribution is 2.28. The van der Waals surface area contributed by atoms with E-state index in [1.807, 2.05) is 0 Å². The first kappa shape index (κ1) is 23.0. The Morgan fingerprint density at radius 1 is 1.24 bits per heavy atom. The summed E-state index contributed by atoms with van der Waals surface area (Å²) in [4.78, 5) is 28.4. The van der Waals surface area contributed by atoms with Crippen LogP contribution >= 0.6 is 0 Å². The summed E-state index contributed by atoms with van der Waals surface area (Å²) >= 11 is 0.